The summed E-state index contributed by atoms with van der Waals surface area (Å²) in [5, 5.41) is 8.91. The van der Waals surface area contributed by atoms with E-state index in [1.165, 1.54) is 7.11 Å². The highest BCUT2D eigenvalue weighted by atomic mass is 16.5. The van der Waals surface area contributed by atoms with Gasteiger partial charge in [-0.15, -0.1) is 0 Å². The summed E-state index contributed by atoms with van der Waals surface area (Å²) in [4.78, 5) is 41.2. The van der Waals surface area contributed by atoms with Gasteiger partial charge in [-0.25, -0.2) is 0 Å². The van der Waals surface area contributed by atoms with Crippen molar-refractivity contribution in [2.45, 2.75) is 12.8 Å². The number of carbonyl (C=O) groups is 3. The van der Waals surface area contributed by atoms with Crippen molar-refractivity contribution in [2.75, 3.05) is 81.2 Å². The molecule has 0 aliphatic carbocycles. The van der Waals surface area contributed by atoms with E-state index in [1.54, 1.807) is 38.0 Å². The molecule has 28 heavy (non-hydrogen) atoms. The van der Waals surface area contributed by atoms with Crippen LogP contribution in [0.3, 0.4) is 0 Å². The first-order valence-electron chi connectivity index (χ1n) is 9.71. The number of hydrogen-bond donors (Lipinski definition) is 1. The average molecular weight is 401 g/mol. The number of carbonyl (C=O) groups excluding carboxylic acids is 3. The van der Waals surface area contributed by atoms with Crippen LogP contribution in [0.5, 0.6) is 0 Å². The Morgan fingerprint density at radius 3 is 1.86 bits per heavy atom. The van der Waals surface area contributed by atoms with E-state index in [2.05, 4.69) is 9.64 Å². The standard InChI is InChI=1S/C10H18N2O3.C9H18N2O2/c1-11(2)9(13)7-12-5-4-8(6-12)10(14)15-3;1-10(2)9(13)6-11-4-3-8(5-11)7-12/h8H,4-7H2,1-3H3;8,12H,3-7H2,1-2H3. The van der Waals surface area contributed by atoms with Crippen LogP contribution in [0.2, 0.25) is 0 Å². The Morgan fingerprint density at radius 1 is 0.929 bits per heavy atom. The van der Waals surface area contributed by atoms with Gasteiger partial charge in [0.25, 0.3) is 0 Å². The fraction of sp³-hybridized carbons (Fsp3) is 0.842. The van der Waals surface area contributed by atoms with E-state index >= 15 is 0 Å². The van der Waals surface area contributed by atoms with E-state index in [1.807, 2.05) is 4.90 Å². The summed E-state index contributed by atoms with van der Waals surface area (Å²) >= 11 is 0. The first-order chi connectivity index (χ1) is 13.2. The number of likely N-dealkylation sites (N-methyl/N-ethyl adjacent to an activating group) is 2. The molecular formula is C19H36N4O5. The lowest BCUT2D eigenvalue weighted by atomic mass is 10.1. The van der Waals surface area contributed by atoms with Gasteiger partial charge in [0.15, 0.2) is 0 Å². The third-order valence-electron chi connectivity index (χ3n) is 5.15. The molecule has 9 heteroatoms. The highest BCUT2D eigenvalue weighted by Gasteiger charge is 2.30. The zero-order chi connectivity index (χ0) is 21.3. The van der Waals surface area contributed by atoms with Gasteiger partial charge in [0.1, 0.15) is 0 Å². The summed E-state index contributed by atoms with van der Waals surface area (Å²) in [6.07, 6.45) is 1.80. The minimum atomic E-state index is -0.171. The summed E-state index contributed by atoms with van der Waals surface area (Å²) in [7, 11) is 8.40. The number of nitrogens with zero attached hydrogens (tertiary/aromatic N) is 4. The molecule has 2 unspecified atom stereocenters. The van der Waals surface area contributed by atoms with Crippen LogP contribution in [0.25, 0.3) is 0 Å². The average Bonchev–Trinajstić information content (AvgIpc) is 3.30. The number of amides is 2. The number of likely N-dealkylation sites (tertiary alicyclic amines) is 2. The monoisotopic (exact) mass is 400 g/mol. The van der Waals surface area contributed by atoms with Crippen LogP contribution >= 0.6 is 0 Å². The SMILES string of the molecule is CN(C)C(=O)CN1CCC(CO)C1.COC(=O)C1CCN(CC(=O)N(C)C)C1. The Morgan fingerprint density at radius 2 is 1.43 bits per heavy atom. The molecule has 162 valence electrons. The Bertz CT molecular complexity index is 526. The third kappa shape index (κ3) is 8.12. The van der Waals surface area contributed by atoms with Gasteiger partial charge in [-0.3, -0.25) is 24.2 Å². The summed E-state index contributed by atoms with van der Waals surface area (Å²) in [6, 6.07) is 0. The van der Waals surface area contributed by atoms with E-state index < -0.39 is 0 Å². The molecule has 0 aromatic heterocycles. The minimum absolute atomic E-state index is 0.0648. The Labute approximate surface area is 168 Å². The second-order valence-corrected chi connectivity index (χ2v) is 7.89. The first-order valence-corrected chi connectivity index (χ1v) is 9.71. The highest BCUT2D eigenvalue weighted by Crippen LogP contribution is 2.17. The Balaban J connectivity index is 0.000000283. The summed E-state index contributed by atoms with van der Waals surface area (Å²) in [5.74, 6) is 0.342. The number of aliphatic hydroxyl groups excluding tert-OH is 1. The molecule has 2 aliphatic rings. The van der Waals surface area contributed by atoms with Gasteiger partial charge in [0.05, 0.1) is 26.1 Å². The molecule has 2 aliphatic heterocycles. The molecule has 1 N–H and O–H groups in total. The predicted molar refractivity (Wildman–Crippen MR) is 106 cm³/mol. The Kier molecular flexibility index (Phi) is 10.4. The van der Waals surface area contributed by atoms with Crippen LogP contribution < -0.4 is 0 Å². The molecule has 0 bridgehead atoms. The summed E-state index contributed by atoms with van der Waals surface area (Å²) < 4.78 is 4.67. The van der Waals surface area contributed by atoms with Crippen molar-refractivity contribution < 1.29 is 24.2 Å². The van der Waals surface area contributed by atoms with Gasteiger partial charge in [-0.1, -0.05) is 0 Å². The molecule has 0 aromatic carbocycles. The fourth-order valence-corrected chi connectivity index (χ4v) is 3.21. The quantitative estimate of drug-likeness (QED) is 0.569. The van der Waals surface area contributed by atoms with Crippen LogP contribution in [0.4, 0.5) is 0 Å². The maximum Gasteiger partial charge on any atom is 0.310 e. The number of ether oxygens (including phenoxy) is 1. The van der Waals surface area contributed by atoms with Gasteiger partial charge in [0.2, 0.25) is 11.8 Å². The van der Waals surface area contributed by atoms with Gasteiger partial charge in [0, 0.05) is 47.9 Å². The van der Waals surface area contributed by atoms with Crippen LogP contribution in [0.1, 0.15) is 12.8 Å². The van der Waals surface area contributed by atoms with Crippen molar-refractivity contribution in [3.05, 3.63) is 0 Å². The normalized spacial score (nSPS) is 22.4. The van der Waals surface area contributed by atoms with Crippen LogP contribution in [0.15, 0.2) is 0 Å². The molecule has 0 saturated carbocycles. The zero-order valence-corrected chi connectivity index (χ0v) is 17.9. The molecule has 2 amide bonds. The second-order valence-electron chi connectivity index (χ2n) is 7.89. The molecule has 2 fully saturated rings. The lowest BCUT2D eigenvalue weighted by molar-refractivity contribution is -0.145. The molecular weight excluding hydrogens is 364 g/mol. The van der Waals surface area contributed by atoms with Gasteiger partial charge in [-0.05, 0) is 31.8 Å². The van der Waals surface area contributed by atoms with Crippen molar-refractivity contribution in [1.29, 1.82) is 0 Å². The summed E-state index contributed by atoms with van der Waals surface area (Å²) in [5.41, 5.74) is 0. The van der Waals surface area contributed by atoms with Crippen LogP contribution in [-0.4, -0.2) is 124 Å². The minimum Gasteiger partial charge on any atom is -0.469 e. The van der Waals surface area contributed by atoms with Crippen LogP contribution in [0, 0.1) is 11.8 Å². The Hall–Kier alpha value is -1.71. The van der Waals surface area contributed by atoms with E-state index in [0.29, 0.717) is 25.6 Å². The van der Waals surface area contributed by atoms with Gasteiger partial charge >= 0.3 is 5.97 Å². The number of rotatable bonds is 6. The lowest BCUT2D eigenvalue weighted by Gasteiger charge is -2.17. The molecule has 0 radical (unpaired) electrons. The van der Waals surface area contributed by atoms with Crippen molar-refractivity contribution in [3.63, 3.8) is 0 Å². The van der Waals surface area contributed by atoms with Crippen molar-refractivity contribution in [3.8, 4) is 0 Å². The van der Waals surface area contributed by atoms with Gasteiger partial charge < -0.3 is 19.6 Å². The highest BCUT2D eigenvalue weighted by molar-refractivity contribution is 5.78. The number of hydrogen-bond acceptors (Lipinski definition) is 7. The molecule has 9 nitrogen and oxygen atoms in total. The van der Waals surface area contributed by atoms with E-state index in [4.69, 9.17) is 5.11 Å². The van der Waals surface area contributed by atoms with E-state index in [0.717, 1.165) is 32.5 Å². The fourth-order valence-electron chi connectivity index (χ4n) is 3.21. The number of aliphatic hydroxyl groups is 1. The maximum atomic E-state index is 11.4. The lowest BCUT2D eigenvalue weighted by Crippen LogP contribution is -2.35. The topological polar surface area (TPSA) is 93.6 Å². The molecule has 2 atom stereocenters. The molecule has 0 spiro atoms. The third-order valence-corrected chi connectivity index (χ3v) is 5.15. The number of methoxy groups -OCH3 is 1. The smallest absolute Gasteiger partial charge is 0.310 e. The summed E-state index contributed by atoms with van der Waals surface area (Å²) in [6.45, 7) is 4.34. The maximum absolute atomic E-state index is 11.4. The number of esters is 1. The molecule has 2 rings (SSSR count). The predicted octanol–water partition coefficient (Wildman–Crippen LogP) is -1.04. The van der Waals surface area contributed by atoms with Crippen molar-refractivity contribution in [2.24, 2.45) is 11.8 Å². The van der Waals surface area contributed by atoms with Crippen molar-refractivity contribution in [1.82, 2.24) is 19.6 Å². The van der Waals surface area contributed by atoms with Gasteiger partial charge in [-0.2, -0.15) is 0 Å². The molecule has 0 aromatic rings. The van der Waals surface area contributed by atoms with Crippen LogP contribution in [-0.2, 0) is 19.1 Å². The first kappa shape index (κ1) is 24.3. The van der Waals surface area contributed by atoms with Crippen molar-refractivity contribution >= 4 is 17.8 Å². The zero-order valence-electron chi connectivity index (χ0n) is 17.9. The van der Waals surface area contributed by atoms with E-state index in [-0.39, 0.29) is 30.3 Å². The molecule has 2 saturated heterocycles. The second kappa shape index (κ2) is 12.0. The largest absolute Gasteiger partial charge is 0.469 e. The van der Waals surface area contributed by atoms with E-state index in [9.17, 15) is 14.4 Å². The molecule has 2 heterocycles.